The first-order valence-corrected chi connectivity index (χ1v) is 22.5. The molecule has 0 fully saturated rings. The van der Waals surface area contributed by atoms with Gasteiger partial charge in [0.05, 0.1) is 39.0 Å². The maximum atomic E-state index is 9.25. The maximum absolute atomic E-state index is 9.25. The van der Waals surface area contributed by atoms with Crippen LogP contribution in [0.5, 0.6) is 0 Å². The molecule has 0 aliphatic heterocycles. The molecular formula is C61H39N5. The number of para-hydroxylation sites is 3. The van der Waals surface area contributed by atoms with Crippen molar-refractivity contribution in [3.63, 3.8) is 0 Å². The molecule has 14 rings (SSSR count). The standard InChI is InChI=1S/C61H39N5/c62-53-21-8-5-17-51(53)59(41-26-30-44(31-27-41)64(45-32-24-38-12-1-3-14-42(38)36-45)46-33-25-39-13-2-4-15-43(39)37-46)63-66-55-23-10-7-18-52(55)58-56(66)35-29-40-28-34-50-49-20-11-19-48-47-16-6-9-22-54(47)65(60(48)49)61(50)57(40)58/h1-37,62-63H/b59-51-,62-53?. The van der Waals surface area contributed by atoms with Crippen LogP contribution in [0.15, 0.2) is 230 Å². The topological polar surface area (TPSA) is 48.5 Å². The fourth-order valence-electron chi connectivity index (χ4n) is 10.8. The number of hydrogen-bond acceptors (Lipinski definition) is 3. The molecule has 0 unspecified atom stereocenters. The second kappa shape index (κ2) is 14.0. The van der Waals surface area contributed by atoms with E-state index in [2.05, 4.69) is 220 Å². The van der Waals surface area contributed by atoms with Crippen molar-refractivity contribution >= 4 is 121 Å². The average Bonchev–Trinajstić information content (AvgIpc) is 4.01. The molecule has 0 amide bonds. The van der Waals surface area contributed by atoms with E-state index in [1.165, 1.54) is 75.8 Å². The van der Waals surface area contributed by atoms with Gasteiger partial charge in [-0.05, 0) is 87.6 Å². The number of rotatable bonds is 6. The van der Waals surface area contributed by atoms with Gasteiger partial charge in [0.15, 0.2) is 0 Å². The summed E-state index contributed by atoms with van der Waals surface area (Å²) in [5.74, 6) is 0. The molecule has 0 bridgehead atoms. The smallest absolute Gasteiger partial charge is 0.0717 e. The fraction of sp³-hybridized carbons (Fsp3) is 0. The first-order valence-electron chi connectivity index (χ1n) is 22.5. The Kier molecular flexibility index (Phi) is 7.77. The lowest BCUT2D eigenvalue weighted by atomic mass is 9.98. The number of fused-ring (bicyclic) bond motifs is 14. The first kappa shape index (κ1) is 36.5. The van der Waals surface area contributed by atoms with Crippen LogP contribution in [0.3, 0.4) is 0 Å². The molecule has 1 aliphatic rings. The summed E-state index contributed by atoms with van der Waals surface area (Å²) < 4.78 is 4.74. The van der Waals surface area contributed by atoms with Crippen LogP contribution in [0.4, 0.5) is 17.1 Å². The van der Waals surface area contributed by atoms with Crippen LogP contribution in [0.25, 0.3) is 97.9 Å². The Bertz CT molecular complexity index is 4190. The number of nitrogens with zero attached hydrogens (tertiary/aromatic N) is 3. The zero-order chi connectivity index (χ0) is 43.5. The Morgan fingerprint density at radius 3 is 1.70 bits per heavy atom. The highest BCUT2D eigenvalue weighted by Crippen LogP contribution is 2.45. The second-order valence-electron chi connectivity index (χ2n) is 17.4. The third kappa shape index (κ3) is 5.31. The summed E-state index contributed by atoms with van der Waals surface area (Å²) in [6.07, 6.45) is 7.87. The molecule has 2 N–H and O–H groups in total. The zero-order valence-electron chi connectivity index (χ0n) is 35.7. The van der Waals surface area contributed by atoms with Crippen LogP contribution < -0.4 is 10.3 Å². The van der Waals surface area contributed by atoms with Gasteiger partial charge in [-0.25, -0.2) is 0 Å². The van der Waals surface area contributed by atoms with Crippen molar-refractivity contribution in [2.75, 3.05) is 10.3 Å². The lowest BCUT2D eigenvalue weighted by Crippen LogP contribution is -2.17. The van der Waals surface area contributed by atoms with Crippen molar-refractivity contribution in [2.24, 2.45) is 0 Å². The second-order valence-corrected chi connectivity index (χ2v) is 17.4. The summed E-state index contributed by atoms with van der Waals surface area (Å²) in [7, 11) is 0. The van der Waals surface area contributed by atoms with Crippen LogP contribution in [-0.2, 0) is 0 Å². The van der Waals surface area contributed by atoms with Crippen molar-refractivity contribution in [3.8, 4) is 0 Å². The van der Waals surface area contributed by atoms with E-state index in [-0.39, 0.29) is 0 Å². The average molecular weight is 842 g/mol. The number of benzene rings is 10. The molecule has 0 saturated carbocycles. The maximum Gasteiger partial charge on any atom is 0.0717 e. The van der Waals surface area contributed by atoms with E-state index in [4.69, 9.17) is 0 Å². The van der Waals surface area contributed by atoms with E-state index in [9.17, 15) is 5.41 Å². The summed E-state index contributed by atoms with van der Waals surface area (Å²) in [5.41, 5.74) is 16.1. The lowest BCUT2D eigenvalue weighted by molar-refractivity contribution is 1.06. The molecule has 66 heavy (non-hydrogen) atoms. The molecule has 1 aliphatic carbocycles. The summed E-state index contributed by atoms with van der Waals surface area (Å²) in [6, 6.07) is 72.6. The monoisotopic (exact) mass is 841 g/mol. The Morgan fingerprint density at radius 2 is 0.970 bits per heavy atom. The Hall–Kier alpha value is -8.93. The summed E-state index contributed by atoms with van der Waals surface area (Å²) in [6.45, 7) is 0. The van der Waals surface area contributed by atoms with Gasteiger partial charge < -0.3 is 14.7 Å². The van der Waals surface area contributed by atoms with Gasteiger partial charge in [-0.2, -0.15) is 0 Å². The van der Waals surface area contributed by atoms with E-state index in [1.807, 2.05) is 24.3 Å². The molecule has 0 saturated heterocycles. The van der Waals surface area contributed by atoms with Gasteiger partial charge in [-0.1, -0.05) is 164 Å². The van der Waals surface area contributed by atoms with Gasteiger partial charge in [0.25, 0.3) is 0 Å². The van der Waals surface area contributed by atoms with E-state index in [0.717, 1.165) is 50.3 Å². The molecule has 0 atom stereocenters. The molecule has 5 heteroatoms. The molecule has 5 nitrogen and oxygen atoms in total. The molecule has 0 spiro atoms. The number of nitrogens with one attached hydrogen (secondary N) is 2. The third-order valence-corrected chi connectivity index (χ3v) is 13.8. The molecular weight excluding hydrogens is 803 g/mol. The largest absolute Gasteiger partial charge is 0.310 e. The molecule has 0 radical (unpaired) electrons. The Morgan fingerprint density at radius 1 is 0.409 bits per heavy atom. The van der Waals surface area contributed by atoms with Gasteiger partial charge in [0, 0.05) is 65.9 Å². The molecule has 308 valence electrons. The van der Waals surface area contributed by atoms with Crippen molar-refractivity contribution in [2.45, 2.75) is 0 Å². The quantitative estimate of drug-likeness (QED) is 0.175. The first-order chi connectivity index (χ1) is 32.7. The summed E-state index contributed by atoms with van der Waals surface area (Å²) >= 11 is 0. The van der Waals surface area contributed by atoms with E-state index in [1.54, 1.807) is 0 Å². The van der Waals surface area contributed by atoms with Crippen molar-refractivity contribution < 1.29 is 0 Å². The molecule has 3 heterocycles. The highest BCUT2D eigenvalue weighted by Gasteiger charge is 2.24. The lowest BCUT2D eigenvalue weighted by Gasteiger charge is -2.27. The van der Waals surface area contributed by atoms with Gasteiger partial charge in [0.1, 0.15) is 0 Å². The minimum Gasteiger partial charge on any atom is -0.310 e. The van der Waals surface area contributed by atoms with E-state index < -0.39 is 0 Å². The summed E-state index contributed by atoms with van der Waals surface area (Å²) in [4.78, 5) is 2.34. The predicted molar refractivity (Wildman–Crippen MR) is 280 cm³/mol. The van der Waals surface area contributed by atoms with Crippen LogP contribution >= 0.6 is 0 Å². The van der Waals surface area contributed by atoms with E-state index in [0.29, 0.717) is 5.71 Å². The third-order valence-electron chi connectivity index (χ3n) is 13.8. The van der Waals surface area contributed by atoms with Gasteiger partial charge in [0.2, 0.25) is 0 Å². The highest BCUT2D eigenvalue weighted by atomic mass is 15.4. The summed E-state index contributed by atoms with van der Waals surface area (Å²) in [5, 5.41) is 23.9. The number of anilines is 3. The SMILES string of the molecule is N=C1C=CC=C/C1=C(/Nn1c2ccccc2c2c3c(ccc4c5cccc6c7ccccc7n(c65)c43)ccc21)c1ccc(N(c2ccc3ccccc3c2)c2ccc3ccccc3c2)cc1. The van der Waals surface area contributed by atoms with Crippen molar-refractivity contribution in [1.82, 2.24) is 9.08 Å². The zero-order valence-corrected chi connectivity index (χ0v) is 35.7. The Labute approximate surface area is 379 Å². The minimum atomic E-state index is 0.448. The molecule has 10 aromatic carbocycles. The van der Waals surface area contributed by atoms with E-state index >= 15 is 0 Å². The van der Waals surface area contributed by atoms with Crippen molar-refractivity contribution in [1.29, 1.82) is 5.41 Å². The highest BCUT2D eigenvalue weighted by molar-refractivity contribution is 6.33. The normalized spacial score (nSPS) is 13.8. The molecule has 3 aromatic heterocycles. The van der Waals surface area contributed by atoms with Crippen LogP contribution in [0.1, 0.15) is 5.56 Å². The fourth-order valence-corrected chi connectivity index (χ4v) is 10.8. The van der Waals surface area contributed by atoms with Crippen LogP contribution in [0, 0.1) is 5.41 Å². The van der Waals surface area contributed by atoms with Crippen LogP contribution in [-0.4, -0.2) is 14.8 Å². The van der Waals surface area contributed by atoms with Gasteiger partial charge in [-0.3, -0.25) is 10.1 Å². The predicted octanol–water partition coefficient (Wildman–Crippen LogP) is 16.0. The molecule has 13 aromatic rings. The number of aromatic nitrogens is 2. The number of allylic oxidation sites excluding steroid dienone is 5. The van der Waals surface area contributed by atoms with Gasteiger partial charge in [-0.15, -0.1) is 0 Å². The van der Waals surface area contributed by atoms with Crippen LogP contribution in [0.2, 0.25) is 0 Å². The van der Waals surface area contributed by atoms with Crippen molar-refractivity contribution in [3.05, 3.63) is 236 Å². The Balaban J connectivity index is 0.967. The minimum absolute atomic E-state index is 0.448. The number of hydrogen-bond donors (Lipinski definition) is 2. The van der Waals surface area contributed by atoms with Gasteiger partial charge >= 0.3 is 0 Å².